The third-order valence-corrected chi connectivity index (χ3v) is 8.57. The molecule has 292 valence electrons. The number of anilines is 1. The number of amides is 3. The van der Waals surface area contributed by atoms with Crippen LogP contribution in [0.2, 0.25) is 0 Å². The number of methoxy groups -OCH3 is 1. The predicted octanol–water partition coefficient (Wildman–Crippen LogP) is 5.71. The van der Waals surface area contributed by atoms with Crippen LogP contribution in [0.5, 0.6) is 5.75 Å². The summed E-state index contributed by atoms with van der Waals surface area (Å²) in [6.45, 7) is 10.4. The summed E-state index contributed by atoms with van der Waals surface area (Å²) in [7, 11) is 1.33. The van der Waals surface area contributed by atoms with Crippen LogP contribution in [0.25, 0.3) is 10.9 Å². The van der Waals surface area contributed by atoms with Crippen LogP contribution in [-0.2, 0) is 14.3 Å². The minimum atomic E-state index is -1.41. The Hall–Kier alpha value is -4.89. The number of hydrogen-bond acceptors (Lipinski definition) is 9. The molecular formula is C37H51F2N5O9. The Labute approximate surface area is 307 Å². The van der Waals surface area contributed by atoms with Gasteiger partial charge in [0.2, 0.25) is 11.3 Å². The van der Waals surface area contributed by atoms with E-state index in [-0.39, 0.29) is 47.9 Å². The fraction of sp³-hybridized carbons (Fsp3) is 0.595. The smallest absolute Gasteiger partial charge is 0.408 e. The number of unbranched alkanes of at least 4 members (excludes halogenated alkanes) is 1. The standard InChI is InChI=1S/C37H51F2N5O9/c1-36(2,3)52-34(49)40-15-9-8-12-27(42-35(50)53-37(4,5)6)32(46)41-18-26(39)21-11-10-16-43(19-21)29-25(38)17-23-28(31(29)51-7)44(22-13-14-22)20-24(30(23)45)33(47)48/h17,20,22,27H,8-16,18-19H2,1-7H3,(H,40,49)(H,41,46)(H,42,50)(H,47,48)/t27-/m0/s1. The Morgan fingerprint density at radius 1 is 1.02 bits per heavy atom. The maximum absolute atomic E-state index is 15.9. The van der Waals surface area contributed by atoms with E-state index in [0.29, 0.717) is 37.8 Å². The van der Waals surface area contributed by atoms with Gasteiger partial charge < -0.3 is 44.7 Å². The van der Waals surface area contributed by atoms with Gasteiger partial charge in [-0.25, -0.2) is 23.2 Å². The van der Waals surface area contributed by atoms with Crippen molar-refractivity contribution in [2.45, 2.75) is 110 Å². The molecule has 14 nitrogen and oxygen atoms in total. The number of nitrogens with zero attached hydrogens (tertiary/aromatic N) is 2. The lowest BCUT2D eigenvalue weighted by molar-refractivity contribution is -0.123. The number of halogens is 2. The summed E-state index contributed by atoms with van der Waals surface area (Å²) in [6, 6.07) is -0.126. The molecule has 1 aromatic heterocycles. The summed E-state index contributed by atoms with van der Waals surface area (Å²) in [4.78, 5) is 64.3. The van der Waals surface area contributed by atoms with Gasteiger partial charge in [0, 0.05) is 31.9 Å². The molecule has 3 amide bonds. The summed E-state index contributed by atoms with van der Waals surface area (Å²) in [5.41, 5.74) is -2.15. The minimum absolute atomic E-state index is 0.0219. The van der Waals surface area contributed by atoms with Crippen LogP contribution in [0.15, 0.2) is 28.5 Å². The van der Waals surface area contributed by atoms with E-state index in [9.17, 15) is 29.1 Å². The molecule has 1 aliphatic carbocycles. The first-order valence-corrected chi connectivity index (χ1v) is 17.8. The van der Waals surface area contributed by atoms with Crippen molar-refractivity contribution in [1.82, 2.24) is 20.5 Å². The van der Waals surface area contributed by atoms with E-state index in [2.05, 4.69) is 16.0 Å². The van der Waals surface area contributed by atoms with Gasteiger partial charge in [-0.1, -0.05) is 0 Å². The number of fused-ring (bicyclic) bond motifs is 1. The van der Waals surface area contributed by atoms with Crippen LogP contribution in [0.3, 0.4) is 0 Å². The van der Waals surface area contributed by atoms with Crippen LogP contribution in [0, 0.1) is 5.82 Å². The summed E-state index contributed by atoms with van der Waals surface area (Å²) in [6.07, 6.45) is 3.24. The first-order chi connectivity index (χ1) is 24.8. The number of rotatable bonds is 13. The quantitative estimate of drug-likeness (QED) is 0.186. The lowest BCUT2D eigenvalue weighted by atomic mass is 10.0. The molecular weight excluding hydrogens is 696 g/mol. The molecule has 1 aliphatic heterocycles. The Kier molecular flexibility index (Phi) is 13.0. The second-order valence-corrected chi connectivity index (χ2v) is 15.3. The maximum atomic E-state index is 15.9. The Morgan fingerprint density at radius 2 is 1.68 bits per heavy atom. The van der Waals surface area contributed by atoms with Crippen molar-refractivity contribution in [2.24, 2.45) is 0 Å². The topological polar surface area (TPSA) is 178 Å². The molecule has 2 aromatic rings. The van der Waals surface area contributed by atoms with Gasteiger partial charge in [0.15, 0.2) is 11.6 Å². The van der Waals surface area contributed by atoms with Crippen LogP contribution in [0.4, 0.5) is 24.1 Å². The van der Waals surface area contributed by atoms with E-state index in [1.807, 2.05) is 0 Å². The van der Waals surface area contributed by atoms with Gasteiger partial charge in [-0.15, -0.1) is 0 Å². The van der Waals surface area contributed by atoms with E-state index in [1.54, 1.807) is 51.0 Å². The molecule has 0 spiro atoms. The molecule has 0 radical (unpaired) electrons. The Bertz CT molecular complexity index is 1810. The van der Waals surface area contributed by atoms with E-state index in [0.717, 1.165) is 18.9 Å². The van der Waals surface area contributed by atoms with Gasteiger partial charge in [0.05, 0.1) is 24.6 Å². The Morgan fingerprint density at radius 3 is 2.28 bits per heavy atom. The molecule has 1 aromatic carbocycles. The Balaban J connectivity index is 1.49. The second kappa shape index (κ2) is 16.8. The van der Waals surface area contributed by atoms with Crippen molar-refractivity contribution in [1.29, 1.82) is 0 Å². The van der Waals surface area contributed by atoms with Crippen LogP contribution in [-0.4, -0.2) is 84.3 Å². The van der Waals surface area contributed by atoms with Crippen molar-refractivity contribution in [3.8, 4) is 5.75 Å². The predicted molar refractivity (Wildman–Crippen MR) is 194 cm³/mol. The summed E-state index contributed by atoms with van der Waals surface area (Å²) >= 11 is 0. The zero-order chi connectivity index (χ0) is 39.2. The number of pyridine rings is 1. The van der Waals surface area contributed by atoms with Crippen LogP contribution >= 0.6 is 0 Å². The highest BCUT2D eigenvalue weighted by Gasteiger charge is 2.33. The van der Waals surface area contributed by atoms with Gasteiger partial charge in [-0.05, 0) is 98.1 Å². The molecule has 4 rings (SSSR count). The van der Waals surface area contributed by atoms with Gasteiger partial charge in [0.1, 0.15) is 34.3 Å². The minimum Gasteiger partial charge on any atom is -0.492 e. The molecule has 4 N–H and O–H groups in total. The first kappa shape index (κ1) is 40.9. The molecule has 1 atom stereocenters. The zero-order valence-electron chi connectivity index (χ0n) is 31.5. The second-order valence-electron chi connectivity index (χ2n) is 15.3. The summed E-state index contributed by atoms with van der Waals surface area (Å²) < 4.78 is 49.5. The largest absolute Gasteiger partial charge is 0.492 e. The van der Waals surface area contributed by atoms with Crippen molar-refractivity contribution in [3.63, 3.8) is 0 Å². The average molecular weight is 748 g/mol. The van der Waals surface area contributed by atoms with Gasteiger partial charge >= 0.3 is 18.2 Å². The average Bonchev–Trinajstić information content (AvgIpc) is 3.90. The third kappa shape index (κ3) is 11.1. The molecule has 0 bridgehead atoms. The zero-order valence-corrected chi connectivity index (χ0v) is 31.5. The van der Waals surface area contributed by atoms with E-state index in [1.165, 1.54) is 13.3 Å². The summed E-state index contributed by atoms with van der Waals surface area (Å²) in [5, 5.41) is 17.3. The monoisotopic (exact) mass is 747 g/mol. The van der Waals surface area contributed by atoms with Crippen molar-refractivity contribution >= 4 is 40.7 Å². The number of piperidine rings is 1. The molecule has 2 fully saturated rings. The number of aromatic carboxylic acids is 1. The normalized spacial score (nSPS) is 16.4. The molecule has 1 saturated heterocycles. The van der Waals surface area contributed by atoms with Gasteiger partial charge in [-0.2, -0.15) is 0 Å². The van der Waals surface area contributed by atoms with E-state index in [4.69, 9.17) is 14.2 Å². The highest BCUT2D eigenvalue weighted by atomic mass is 19.1. The lowest BCUT2D eigenvalue weighted by Gasteiger charge is -2.33. The number of hydrogen-bond donors (Lipinski definition) is 4. The number of carboxylic acid groups (broad SMARTS) is 1. The molecule has 0 unspecified atom stereocenters. The van der Waals surface area contributed by atoms with Crippen molar-refractivity contribution < 1.29 is 47.3 Å². The molecule has 2 heterocycles. The molecule has 16 heteroatoms. The van der Waals surface area contributed by atoms with Crippen molar-refractivity contribution in [3.05, 3.63) is 45.3 Å². The summed E-state index contributed by atoms with van der Waals surface area (Å²) in [5.74, 6) is -3.44. The molecule has 1 saturated carbocycles. The fourth-order valence-electron chi connectivity index (χ4n) is 6.12. The number of nitrogens with one attached hydrogen (secondary N) is 3. The first-order valence-electron chi connectivity index (χ1n) is 17.8. The number of aromatic nitrogens is 1. The van der Waals surface area contributed by atoms with E-state index >= 15 is 8.78 Å². The van der Waals surface area contributed by atoms with Crippen LogP contribution < -0.4 is 31.0 Å². The van der Waals surface area contributed by atoms with E-state index < -0.39 is 70.5 Å². The number of alkyl carbamates (subject to hydrolysis) is 2. The molecule has 53 heavy (non-hydrogen) atoms. The lowest BCUT2D eigenvalue weighted by Crippen LogP contribution is -2.48. The van der Waals surface area contributed by atoms with Crippen molar-refractivity contribution in [2.75, 3.05) is 38.2 Å². The molecule has 2 aliphatic rings. The number of carbonyl (C=O) groups is 4. The number of benzene rings is 1. The third-order valence-electron chi connectivity index (χ3n) is 8.57. The number of ether oxygens (including phenoxy) is 3. The maximum Gasteiger partial charge on any atom is 0.408 e. The SMILES string of the molecule is COc1c(N2CCCC(=C(F)CNC(=O)[C@H](CCCCNC(=O)OC(C)(C)C)NC(=O)OC(C)(C)C)C2)c(F)cc2c(=O)c(C(=O)O)cn(C3CC3)c12. The van der Waals surface area contributed by atoms with Gasteiger partial charge in [-0.3, -0.25) is 9.59 Å². The highest BCUT2D eigenvalue weighted by molar-refractivity contribution is 5.97. The van der Waals surface area contributed by atoms with Gasteiger partial charge in [0.25, 0.3) is 0 Å². The van der Waals surface area contributed by atoms with Crippen LogP contribution in [0.1, 0.15) is 103 Å². The number of carbonyl (C=O) groups excluding carboxylic acids is 3. The highest BCUT2D eigenvalue weighted by Crippen LogP contribution is 2.44. The fourth-order valence-corrected chi connectivity index (χ4v) is 6.12. The number of carboxylic acids is 1.